The van der Waals surface area contributed by atoms with E-state index in [4.69, 9.17) is 0 Å². The van der Waals surface area contributed by atoms with E-state index in [-0.39, 0.29) is 0 Å². The molecule has 3 rings (SSSR count). The number of halogens is 2. The van der Waals surface area contributed by atoms with E-state index in [0.717, 1.165) is 18.7 Å². The van der Waals surface area contributed by atoms with Gasteiger partial charge in [0.15, 0.2) is 0 Å². The molecule has 1 aromatic heterocycles. The maximum absolute atomic E-state index is 4.62. The predicted molar refractivity (Wildman–Crippen MR) is 94.0 cm³/mol. The average Bonchev–Trinajstić information content (AvgIpc) is 2.78. The van der Waals surface area contributed by atoms with E-state index in [9.17, 15) is 0 Å². The lowest BCUT2D eigenvalue weighted by molar-refractivity contribution is 0.434. The number of alkyl halides is 1. The molecule has 1 aliphatic carbocycles. The Balaban J connectivity index is 1.87. The molecule has 0 saturated carbocycles. The van der Waals surface area contributed by atoms with Crippen LogP contribution in [0, 0.1) is 12.8 Å². The minimum absolute atomic E-state index is 0.440. The van der Waals surface area contributed by atoms with Crippen molar-refractivity contribution < 1.29 is 0 Å². The number of nitrogens with zero attached hydrogens (tertiary/aromatic N) is 2. The van der Waals surface area contributed by atoms with E-state index in [1.165, 1.54) is 34.1 Å². The SMILES string of the molecule is CCn1nc(C)c(Br)c1CC1CCc2ccccc2C1Br. The third-order valence-electron chi connectivity index (χ3n) is 4.46. The molecule has 0 radical (unpaired) electrons. The molecule has 0 N–H and O–H groups in total. The fraction of sp³-hybridized carbons (Fsp3) is 0.471. The molecule has 2 aromatic rings. The highest BCUT2D eigenvalue weighted by Gasteiger charge is 2.29. The van der Waals surface area contributed by atoms with Crippen molar-refractivity contribution in [3.05, 3.63) is 51.3 Å². The second kappa shape index (κ2) is 6.25. The largest absolute Gasteiger partial charge is 0.268 e. The molecule has 0 saturated heterocycles. The van der Waals surface area contributed by atoms with E-state index in [0.29, 0.717) is 10.7 Å². The molecule has 21 heavy (non-hydrogen) atoms. The van der Waals surface area contributed by atoms with Crippen LogP contribution in [0.5, 0.6) is 0 Å². The van der Waals surface area contributed by atoms with Crippen LogP contribution in [0.2, 0.25) is 0 Å². The first-order chi connectivity index (χ1) is 10.1. The van der Waals surface area contributed by atoms with Crippen LogP contribution in [0.3, 0.4) is 0 Å². The van der Waals surface area contributed by atoms with E-state index < -0.39 is 0 Å². The minimum atomic E-state index is 0.440. The molecule has 0 aliphatic heterocycles. The summed E-state index contributed by atoms with van der Waals surface area (Å²) in [7, 11) is 0. The molecule has 0 amide bonds. The Labute approximate surface area is 143 Å². The first-order valence-corrected chi connectivity index (χ1v) is 9.26. The van der Waals surface area contributed by atoms with Crippen molar-refractivity contribution in [3.8, 4) is 0 Å². The summed E-state index contributed by atoms with van der Waals surface area (Å²) >= 11 is 7.67. The number of aryl methyl sites for hydroxylation is 3. The third-order valence-corrected chi connectivity index (χ3v) is 6.73. The highest BCUT2D eigenvalue weighted by molar-refractivity contribution is 9.10. The second-order valence-electron chi connectivity index (χ2n) is 5.77. The average molecular weight is 412 g/mol. The van der Waals surface area contributed by atoms with Gasteiger partial charge >= 0.3 is 0 Å². The van der Waals surface area contributed by atoms with E-state index in [2.05, 4.69) is 79.8 Å². The Morgan fingerprint density at radius 1 is 1.33 bits per heavy atom. The van der Waals surface area contributed by atoms with Crippen molar-refractivity contribution in [1.82, 2.24) is 9.78 Å². The summed E-state index contributed by atoms with van der Waals surface area (Å²) in [6.07, 6.45) is 3.48. The normalized spacial score (nSPS) is 21.3. The molecule has 0 spiro atoms. The fourth-order valence-corrected chi connectivity index (χ4v) is 4.63. The molecular formula is C17H20Br2N2. The molecule has 1 heterocycles. The number of hydrogen-bond donors (Lipinski definition) is 0. The highest BCUT2D eigenvalue weighted by Crippen LogP contribution is 2.42. The first-order valence-electron chi connectivity index (χ1n) is 7.55. The quantitative estimate of drug-likeness (QED) is 0.633. The maximum Gasteiger partial charge on any atom is 0.0738 e. The van der Waals surface area contributed by atoms with Gasteiger partial charge in [-0.1, -0.05) is 40.2 Å². The van der Waals surface area contributed by atoms with Crippen molar-refractivity contribution in [2.75, 3.05) is 0 Å². The van der Waals surface area contributed by atoms with Crippen LogP contribution in [0.1, 0.15) is 40.7 Å². The van der Waals surface area contributed by atoms with Crippen molar-refractivity contribution in [2.24, 2.45) is 5.92 Å². The first kappa shape index (κ1) is 15.3. The summed E-state index contributed by atoms with van der Waals surface area (Å²) in [5.74, 6) is 0.623. The number of benzene rings is 1. The molecule has 1 aliphatic rings. The van der Waals surface area contributed by atoms with Gasteiger partial charge in [0.2, 0.25) is 0 Å². The monoisotopic (exact) mass is 410 g/mol. The van der Waals surface area contributed by atoms with Gasteiger partial charge in [-0.25, -0.2) is 0 Å². The summed E-state index contributed by atoms with van der Waals surface area (Å²) in [4.78, 5) is 0.440. The number of fused-ring (bicyclic) bond motifs is 1. The van der Waals surface area contributed by atoms with E-state index in [1.807, 2.05) is 0 Å². The molecule has 2 nitrogen and oxygen atoms in total. The lowest BCUT2D eigenvalue weighted by atomic mass is 9.81. The van der Waals surface area contributed by atoms with Gasteiger partial charge < -0.3 is 0 Å². The second-order valence-corrected chi connectivity index (χ2v) is 7.54. The zero-order valence-electron chi connectivity index (χ0n) is 12.4. The summed E-state index contributed by atoms with van der Waals surface area (Å²) in [6, 6.07) is 8.81. The lowest BCUT2D eigenvalue weighted by Crippen LogP contribution is -2.20. The molecule has 2 unspecified atom stereocenters. The van der Waals surface area contributed by atoms with Gasteiger partial charge in [-0.05, 0) is 66.1 Å². The van der Waals surface area contributed by atoms with Gasteiger partial charge in [-0.2, -0.15) is 5.10 Å². The Morgan fingerprint density at radius 3 is 2.86 bits per heavy atom. The standard InChI is InChI=1S/C17H20Br2N2/c1-3-21-15(16(18)11(2)20-21)10-13-9-8-12-6-4-5-7-14(12)17(13)19/h4-7,13,17H,3,8-10H2,1-2H3. The van der Waals surface area contributed by atoms with Crippen LogP contribution in [0.25, 0.3) is 0 Å². The summed E-state index contributed by atoms with van der Waals surface area (Å²) in [5.41, 5.74) is 5.39. The Kier molecular flexibility index (Phi) is 4.55. The predicted octanol–water partition coefficient (Wildman–Crippen LogP) is 5.22. The van der Waals surface area contributed by atoms with Crippen molar-refractivity contribution in [2.45, 2.75) is 44.5 Å². The summed E-state index contributed by atoms with van der Waals surface area (Å²) in [6.45, 7) is 5.16. The molecule has 4 heteroatoms. The molecule has 2 atom stereocenters. The number of hydrogen-bond acceptors (Lipinski definition) is 1. The molecule has 112 valence electrons. The maximum atomic E-state index is 4.62. The van der Waals surface area contributed by atoms with Gasteiger partial charge in [0.1, 0.15) is 0 Å². The Morgan fingerprint density at radius 2 is 2.10 bits per heavy atom. The van der Waals surface area contributed by atoms with Gasteiger partial charge in [-0.15, -0.1) is 0 Å². The molecular weight excluding hydrogens is 392 g/mol. The highest BCUT2D eigenvalue weighted by atomic mass is 79.9. The zero-order valence-corrected chi connectivity index (χ0v) is 15.6. The van der Waals surface area contributed by atoms with Crippen molar-refractivity contribution >= 4 is 31.9 Å². The van der Waals surface area contributed by atoms with Gasteiger partial charge in [0, 0.05) is 11.4 Å². The minimum Gasteiger partial charge on any atom is -0.268 e. The smallest absolute Gasteiger partial charge is 0.0738 e. The molecule has 1 aromatic carbocycles. The topological polar surface area (TPSA) is 17.8 Å². The number of rotatable bonds is 3. The van der Waals surface area contributed by atoms with Crippen LogP contribution >= 0.6 is 31.9 Å². The van der Waals surface area contributed by atoms with Crippen LogP contribution < -0.4 is 0 Å². The van der Waals surface area contributed by atoms with Crippen molar-refractivity contribution in [3.63, 3.8) is 0 Å². The number of aromatic nitrogens is 2. The van der Waals surface area contributed by atoms with Crippen molar-refractivity contribution in [1.29, 1.82) is 0 Å². The Hall–Kier alpha value is -0.610. The summed E-state index contributed by atoms with van der Waals surface area (Å²) in [5, 5.41) is 4.62. The van der Waals surface area contributed by atoms with E-state index >= 15 is 0 Å². The van der Waals surface area contributed by atoms with E-state index in [1.54, 1.807) is 0 Å². The van der Waals surface area contributed by atoms with Crippen LogP contribution in [0.4, 0.5) is 0 Å². The van der Waals surface area contributed by atoms with Gasteiger partial charge in [0.05, 0.1) is 15.9 Å². The van der Waals surface area contributed by atoms with Gasteiger partial charge in [0.25, 0.3) is 0 Å². The van der Waals surface area contributed by atoms with Crippen LogP contribution in [-0.2, 0) is 19.4 Å². The molecule has 0 fully saturated rings. The third kappa shape index (κ3) is 2.85. The lowest BCUT2D eigenvalue weighted by Gasteiger charge is -2.30. The van der Waals surface area contributed by atoms with Crippen LogP contribution in [0.15, 0.2) is 28.7 Å². The Bertz CT molecular complexity index is 648. The fourth-order valence-electron chi connectivity index (χ4n) is 3.29. The van der Waals surface area contributed by atoms with Crippen LogP contribution in [-0.4, -0.2) is 9.78 Å². The molecule has 0 bridgehead atoms. The van der Waals surface area contributed by atoms with Gasteiger partial charge in [-0.3, -0.25) is 4.68 Å². The zero-order chi connectivity index (χ0) is 15.0. The summed E-state index contributed by atoms with van der Waals surface area (Å²) < 4.78 is 3.32.